The van der Waals surface area contributed by atoms with Crippen molar-refractivity contribution in [2.45, 2.75) is 46.2 Å². The lowest BCUT2D eigenvalue weighted by molar-refractivity contribution is -0.711. The van der Waals surface area contributed by atoms with Gasteiger partial charge in [-0.2, -0.15) is 4.57 Å². The van der Waals surface area contributed by atoms with Crippen LogP contribution in [0.15, 0.2) is 42.6 Å². The maximum atomic E-state index is 13.1. The Morgan fingerprint density at radius 3 is 2.73 bits per heavy atom. The van der Waals surface area contributed by atoms with Gasteiger partial charge in [0, 0.05) is 37.2 Å². The molecule has 0 fully saturated rings. The van der Waals surface area contributed by atoms with E-state index in [1.165, 1.54) is 11.1 Å². The molecule has 2 aromatic rings. The predicted molar refractivity (Wildman–Crippen MR) is 87.9 cm³/mol. The summed E-state index contributed by atoms with van der Waals surface area (Å²) < 4.78 is 2.07. The van der Waals surface area contributed by atoms with Crippen LogP contribution >= 0.6 is 0 Å². The highest BCUT2D eigenvalue weighted by atomic mass is 16.2. The number of fused-ring (bicyclic) bond motifs is 1. The average Bonchev–Trinajstić information content (AvgIpc) is 2.84. The summed E-state index contributed by atoms with van der Waals surface area (Å²) in [6.45, 7) is 8.26. The quantitative estimate of drug-likeness (QED) is 0.781. The molecular weight excluding hydrogens is 272 g/mol. The third-order valence-corrected chi connectivity index (χ3v) is 4.77. The average molecular weight is 295 g/mol. The van der Waals surface area contributed by atoms with Crippen LogP contribution in [0.4, 0.5) is 5.69 Å². The lowest BCUT2D eigenvalue weighted by Gasteiger charge is -2.24. The molecule has 1 aromatic carbocycles. The molecule has 3 nitrogen and oxygen atoms in total. The van der Waals surface area contributed by atoms with Gasteiger partial charge in [-0.3, -0.25) is 4.79 Å². The number of amides is 1. The molecule has 0 N–H and O–H groups in total. The smallest absolute Gasteiger partial charge is 0.296 e. The van der Waals surface area contributed by atoms with Crippen LogP contribution in [-0.2, 0) is 11.2 Å². The van der Waals surface area contributed by atoms with Crippen LogP contribution in [-0.4, -0.2) is 11.9 Å². The number of benzene rings is 1. The Morgan fingerprint density at radius 2 is 1.95 bits per heavy atom. The second-order valence-corrected chi connectivity index (χ2v) is 6.25. The third-order valence-electron chi connectivity index (χ3n) is 4.77. The van der Waals surface area contributed by atoms with Gasteiger partial charge in [-0.05, 0) is 38.0 Å². The molecule has 2 atom stereocenters. The van der Waals surface area contributed by atoms with Crippen molar-refractivity contribution in [2.24, 2.45) is 0 Å². The van der Waals surface area contributed by atoms with Crippen molar-refractivity contribution in [3.63, 3.8) is 0 Å². The molecule has 1 aromatic heterocycles. The minimum Gasteiger partial charge on any atom is -0.303 e. The highest BCUT2D eigenvalue weighted by Gasteiger charge is 2.37. The number of hydrogen-bond acceptors (Lipinski definition) is 1. The van der Waals surface area contributed by atoms with Gasteiger partial charge in [0.25, 0.3) is 5.91 Å². The third kappa shape index (κ3) is 2.31. The number of para-hydroxylation sites is 1. The first-order valence-corrected chi connectivity index (χ1v) is 7.89. The number of aromatic nitrogens is 1. The molecular formula is C19H23N2O+. The molecule has 0 saturated heterocycles. The first kappa shape index (κ1) is 14.8. The van der Waals surface area contributed by atoms with Crippen molar-refractivity contribution in [3.05, 3.63) is 59.4 Å². The van der Waals surface area contributed by atoms with E-state index in [4.69, 9.17) is 0 Å². The van der Waals surface area contributed by atoms with Gasteiger partial charge >= 0.3 is 0 Å². The lowest BCUT2D eigenvalue weighted by Crippen LogP contribution is -2.51. The number of pyridine rings is 1. The van der Waals surface area contributed by atoms with Gasteiger partial charge in [-0.15, -0.1) is 0 Å². The zero-order chi connectivity index (χ0) is 15.9. The highest BCUT2D eigenvalue weighted by molar-refractivity contribution is 5.97. The van der Waals surface area contributed by atoms with Gasteiger partial charge in [0.15, 0.2) is 11.9 Å². The van der Waals surface area contributed by atoms with Gasteiger partial charge in [0.2, 0.25) is 6.04 Å². The minimum atomic E-state index is -0.200. The number of hydrogen-bond donors (Lipinski definition) is 0. The molecule has 0 radical (unpaired) electrons. The maximum Gasteiger partial charge on any atom is 0.296 e. The van der Waals surface area contributed by atoms with Crippen LogP contribution in [0.5, 0.6) is 0 Å². The Kier molecular flexibility index (Phi) is 3.73. The SMILES string of the molecule is Cc1ccc[n+]([C@@H](C)C(=O)N2c3ccccc3C[C@H]2C)c1C. The zero-order valence-electron chi connectivity index (χ0n) is 13.7. The molecule has 0 bridgehead atoms. The van der Waals surface area contributed by atoms with Crippen LogP contribution in [0.3, 0.4) is 0 Å². The molecule has 3 heteroatoms. The predicted octanol–water partition coefficient (Wildman–Crippen LogP) is 3.13. The lowest BCUT2D eigenvalue weighted by atomic mass is 10.1. The zero-order valence-corrected chi connectivity index (χ0v) is 13.7. The molecule has 1 aliphatic heterocycles. The van der Waals surface area contributed by atoms with Gasteiger partial charge < -0.3 is 4.90 Å². The number of rotatable bonds is 2. The minimum absolute atomic E-state index is 0.163. The second kappa shape index (κ2) is 5.56. The molecule has 0 aliphatic carbocycles. The van der Waals surface area contributed by atoms with Crippen molar-refractivity contribution in [3.8, 4) is 0 Å². The number of anilines is 1. The molecule has 2 heterocycles. The standard InChI is InChI=1S/C19H23N2O/c1-13-8-7-11-20(15(13)3)16(4)19(22)21-14(2)12-17-9-5-6-10-18(17)21/h5-11,14,16H,12H2,1-4H3/q+1/t14-,16+/m1/s1. The molecule has 0 saturated carbocycles. The molecule has 22 heavy (non-hydrogen) atoms. The van der Waals surface area contributed by atoms with Gasteiger partial charge in [-0.1, -0.05) is 18.2 Å². The number of carbonyl (C=O) groups excluding carboxylic acids is 1. The largest absolute Gasteiger partial charge is 0.303 e. The van der Waals surface area contributed by atoms with E-state index >= 15 is 0 Å². The molecule has 114 valence electrons. The number of nitrogens with zero attached hydrogens (tertiary/aromatic N) is 2. The Morgan fingerprint density at radius 1 is 1.23 bits per heavy atom. The van der Waals surface area contributed by atoms with Crippen LogP contribution < -0.4 is 9.47 Å². The summed E-state index contributed by atoms with van der Waals surface area (Å²) in [7, 11) is 0. The highest BCUT2D eigenvalue weighted by Crippen LogP contribution is 2.33. The van der Waals surface area contributed by atoms with Crippen molar-refractivity contribution in [1.82, 2.24) is 0 Å². The molecule has 0 spiro atoms. The Bertz CT molecular complexity index is 723. The fraction of sp³-hybridized carbons (Fsp3) is 0.368. The fourth-order valence-electron chi connectivity index (χ4n) is 3.36. The summed E-state index contributed by atoms with van der Waals surface area (Å²) in [5.74, 6) is 0.163. The molecule has 1 aliphatic rings. The van der Waals surface area contributed by atoms with E-state index in [0.29, 0.717) is 0 Å². The number of aryl methyl sites for hydroxylation is 1. The topological polar surface area (TPSA) is 24.2 Å². The Balaban J connectivity index is 1.96. The van der Waals surface area contributed by atoms with Gasteiger partial charge in [0.05, 0.1) is 0 Å². The van der Waals surface area contributed by atoms with E-state index in [1.807, 2.05) is 36.2 Å². The molecule has 0 unspecified atom stereocenters. The van der Waals surface area contributed by atoms with Crippen LogP contribution in [0.2, 0.25) is 0 Å². The molecule has 3 rings (SSSR count). The van der Waals surface area contributed by atoms with Crippen molar-refractivity contribution >= 4 is 11.6 Å². The second-order valence-electron chi connectivity index (χ2n) is 6.25. The van der Waals surface area contributed by atoms with E-state index in [0.717, 1.165) is 17.8 Å². The van der Waals surface area contributed by atoms with Crippen molar-refractivity contribution in [1.29, 1.82) is 0 Å². The Labute approximate surface area is 132 Å². The van der Waals surface area contributed by atoms with E-state index in [-0.39, 0.29) is 18.0 Å². The van der Waals surface area contributed by atoms with Crippen LogP contribution in [0.25, 0.3) is 0 Å². The maximum absolute atomic E-state index is 13.1. The van der Waals surface area contributed by atoms with Crippen molar-refractivity contribution in [2.75, 3.05) is 4.90 Å². The van der Waals surface area contributed by atoms with Crippen molar-refractivity contribution < 1.29 is 9.36 Å². The summed E-state index contributed by atoms with van der Waals surface area (Å²) in [6, 6.07) is 12.3. The normalized spacial score (nSPS) is 18.2. The fourth-order valence-corrected chi connectivity index (χ4v) is 3.36. The van der Waals surface area contributed by atoms with E-state index in [9.17, 15) is 4.79 Å². The molecule has 1 amide bonds. The summed E-state index contributed by atoms with van der Waals surface area (Å²) in [5, 5.41) is 0. The first-order chi connectivity index (χ1) is 10.5. The van der Waals surface area contributed by atoms with Crippen LogP contribution in [0.1, 0.15) is 36.7 Å². The summed E-state index contributed by atoms with van der Waals surface area (Å²) in [6.07, 6.45) is 2.93. The monoisotopic (exact) mass is 295 g/mol. The summed E-state index contributed by atoms with van der Waals surface area (Å²) in [5.41, 5.74) is 4.68. The Hall–Kier alpha value is -2.16. The number of carbonyl (C=O) groups is 1. The van der Waals surface area contributed by atoms with Gasteiger partial charge in [0.1, 0.15) is 0 Å². The summed E-state index contributed by atoms with van der Waals surface area (Å²) >= 11 is 0. The summed E-state index contributed by atoms with van der Waals surface area (Å²) in [4.78, 5) is 15.1. The van der Waals surface area contributed by atoms with E-state index in [1.54, 1.807) is 0 Å². The van der Waals surface area contributed by atoms with Crippen LogP contribution in [0, 0.1) is 13.8 Å². The van der Waals surface area contributed by atoms with E-state index < -0.39 is 0 Å². The van der Waals surface area contributed by atoms with E-state index in [2.05, 4.69) is 43.5 Å². The van der Waals surface area contributed by atoms with Gasteiger partial charge in [-0.25, -0.2) is 0 Å². The first-order valence-electron chi connectivity index (χ1n) is 7.89.